The predicted octanol–water partition coefficient (Wildman–Crippen LogP) is 4.50. The van der Waals surface area contributed by atoms with E-state index in [0.29, 0.717) is 15.6 Å². The maximum absolute atomic E-state index is 12.4. The number of ether oxygens (including phenoxy) is 2. The number of aryl methyl sites for hydroxylation is 1. The van der Waals surface area contributed by atoms with Gasteiger partial charge in [-0.15, -0.1) is 0 Å². The number of hydrogen-bond donors (Lipinski definition) is 1. The summed E-state index contributed by atoms with van der Waals surface area (Å²) in [5, 5.41) is 3.19. The Labute approximate surface area is 159 Å². The molecule has 1 heterocycles. The van der Waals surface area contributed by atoms with Crippen molar-refractivity contribution < 1.29 is 23.0 Å². The van der Waals surface area contributed by atoms with E-state index < -0.39 is 6.61 Å². The molecule has 1 aliphatic rings. The molecule has 0 saturated carbocycles. The normalized spacial score (nSPS) is 16.9. The van der Waals surface area contributed by atoms with Gasteiger partial charge >= 0.3 is 6.61 Å². The third kappa shape index (κ3) is 4.65. The summed E-state index contributed by atoms with van der Waals surface area (Å²) >= 11 is 1.20. The van der Waals surface area contributed by atoms with Crippen molar-refractivity contribution in [2.24, 2.45) is 4.99 Å². The summed E-state index contributed by atoms with van der Waals surface area (Å²) in [5.41, 5.74) is 2.39. The zero-order valence-corrected chi connectivity index (χ0v) is 15.3. The Morgan fingerprint density at radius 1 is 1.19 bits per heavy atom. The Hall–Kier alpha value is -2.87. The molecule has 140 valence electrons. The van der Waals surface area contributed by atoms with Gasteiger partial charge in [0.25, 0.3) is 5.91 Å². The molecule has 0 unspecified atom stereocenters. The van der Waals surface area contributed by atoms with E-state index >= 15 is 0 Å². The Kier molecular flexibility index (Phi) is 5.75. The van der Waals surface area contributed by atoms with Gasteiger partial charge in [0.05, 0.1) is 17.7 Å². The van der Waals surface area contributed by atoms with Gasteiger partial charge in [-0.1, -0.05) is 24.3 Å². The largest absolute Gasteiger partial charge is 0.493 e. The summed E-state index contributed by atoms with van der Waals surface area (Å²) in [5.74, 6) is -0.193. The first kappa shape index (κ1) is 18.9. The molecule has 5 nitrogen and oxygen atoms in total. The van der Waals surface area contributed by atoms with Crippen LogP contribution >= 0.6 is 11.8 Å². The van der Waals surface area contributed by atoms with Gasteiger partial charge in [-0.05, 0) is 54.1 Å². The number of aliphatic imine (C=N–C) groups is 1. The first-order valence-corrected chi connectivity index (χ1v) is 8.76. The van der Waals surface area contributed by atoms with E-state index in [-0.39, 0.29) is 17.4 Å². The van der Waals surface area contributed by atoms with E-state index in [4.69, 9.17) is 4.74 Å². The molecule has 0 bridgehead atoms. The lowest BCUT2D eigenvalue weighted by Crippen LogP contribution is -2.19. The average molecular weight is 390 g/mol. The molecule has 1 aliphatic heterocycles. The smallest absolute Gasteiger partial charge is 0.387 e. The van der Waals surface area contributed by atoms with E-state index in [1.807, 2.05) is 31.2 Å². The SMILES string of the molecule is COc1cc(C=C2SC(=Nc3ccccc3C)NC2=O)ccc1OC(F)F. The minimum atomic E-state index is -2.94. The Balaban J connectivity index is 1.83. The third-order valence-electron chi connectivity index (χ3n) is 3.69. The molecule has 27 heavy (non-hydrogen) atoms. The van der Waals surface area contributed by atoms with Crippen LogP contribution in [0.15, 0.2) is 52.4 Å². The molecule has 8 heteroatoms. The number of para-hydroxylation sites is 1. The Morgan fingerprint density at radius 2 is 1.96 bits per heavy atom. The summed E-state index contributed by atoms with van der Waals surface area (Å²) in [7, 11) is 1.36. The molecular weight excluding hydrogens is 374 g/mol. The molecule has 0 radical (unpaired) electrons. The van der Waals surface area contributed by atoms with Crippen molar-refractivity contribution in [1.29, 1.82) is 0 Å². The van der Waals surface area contributed by atoms with Crippen LogP contribution < -0.4 is 14.8 Å². The minimum absolute atomic E-state index is 0.0695. The summed E-state index contributed by atoms with van der Waals surface area (Å²) < 4.78 is 34.3. The highest BCUT2D eigenvalue weighted by Gasteiger charge is 2.24. The van der Waals surface area contributed by atoms with Gasteiger partial charge < -0.3 is 14.8 Å². The van der Waals surface area contributed by atoms with Gasteiger partial charge in [0.1, 0.15) is 0 Å². The van der Waals surface area contributed by atoms with Gasteiger partial charge in [-0.2, -0.15) is 8.78 Å². The number of carbonyl (C=O) groups excluding carboxylic acids is 1. The molecule has 0 spiro atoms. The highest BCUT2D eigenvalue weighted by atomic mass is 32.2. The van der Waals surface area contributed by atoms with Crippen LogP contribution in [0.4, 0.5) is 14.5 Å². The van der Waals surface area contributed by atoms with E-state index in [9.17, 15) is 13.6 Å². The van der Waals surface area contributed by atoms with E-state index in [0.717, 1.165) is 11.3 Å². The first-order chi connectivity index (χ1) is 13.0. The maximum atomic E-state index is 12.4. The molecule has 1 amide bonds. The summed E-state index contributed by atoms with van der Waals surface area (Å²) in [6.07, 6.45) is 1.63. The molecule has 0 atom stereocenters. The van der Waals surface area contributed by atoms with Crippen LogP contribution in [0, 0.1) is 6.92 Å². The predicted molar refractivity (Wildman–Crippen MR) is 102 cm³/mol. The van der Waals surface area contributed by atoms with Crippen LogP contribution in [0.25, 0.3) is 6.08 Å². The molecule has 2 aromatic carbocycles. The van der Waals surface area contributed by atoms with Gasteiger partial charge in [0, 0.05) is 0 Å². The molecule has 0 aromatic heterocycles. The standard InChI is InChI=1S/C19H16F2N2O3S/c1-11-5-3-4-6-13(11)22-19-23-17(24)16(27-19)10-12-7-8-14(26-18(20)21)15(9-12)25-2/h3-10,18H,1-2H3,(H,22,23,24). The van der Waals surface area contributed by atoms with Crippen LogP contribution in [0.1, 0.15) is 11.1 Å². The fourth-order valence-electron chi connectivity index (χ4n) is 2.40. The summed E-state index contributed by atoms with van der Waals surface area (Å²) in [4.78, 5) is 17.1. The highest BCUT2D eigenvalue weighted by Crippen LogP contribution is 2.33. The highest BCUT2D eigenvalue weighted by molar-refractivity contribution is 8.18. The van der Waals surface area contributed by atoms with Crippen LogP contribution in [0.3, 0.4) is 0 Å². The lowest BCUT2D eigenvalue weighted by molar-refractivity contribution is -0.115. The number of alkyl halides is 2. The average Bonchev–Trinajstić information content (AvgIpc) is 2.97. The van der Waals surface area contributed by atoms with Crippen LogP contribution in [0.5, 0.6) is 11.5 Å². The number of benzene rings is 2. The summed E-state index contributed by atoms with van der Waals surface area (Å²) in [6, 6.07) is 12.1. The maximum Gasteiger partial charge on any atom is 0.387 e. The number of hydrogen-bond acceptors (Lipinski definition) is 5. The van der Waals surface area contributed by atoms with Gasteiger partial charge in [0.15, 0.2) is 16.7 Å². The van der Waals surface area contributed by atoms with Crippen molar-refractivity contribution in [2.75, 3.05) is 7.11 Å². The van der Waals surface area contributed by atoms with Crippen molar-refractivity contribution >= 4 is 34.6 Å². The third-order valence-corrected chi connectivity index (χ3v) is 4.60. The lowest BCUT2D eigenvalue weighted by atomic mass is 10.2. The second kappa shape index (κ2) is 8.22. The number of thioether (sulfide) groups is 1. The fourth-order valence-corrected chi connectivity index (χ4v) is 3.23. The van der Waals surface area contributed by atoms with Gasteiger partial charge in [-0.25, -0.2) is 4.99 Å². The van der Waals surface area contributed by atoms with Crippen LogP contribution in [-0.2, 0) is 4.79 Å². The monoisotopic (exact) mass is 390 g/mol. The molecule has 1 fully saturated rings. The molecule has 3 rings (SSSR count). The van der Waals surface area contributed by atoms with Crippen molar-refractivity contribution in [1.82, 2.24) is 5.32 Å². The number of nitrogens with zero attached hydrogens (tertiary/aromatic N) is 1. The lowest BCUT2D eigenvalue weighted by Gasteiger charge is -2.10. The molecule has 1 N–H and O–H groups in total. The number of amides is 1. The second-order valence-corrected chi connectivity index (χ2v) is 6.59. The van der Waals surface area contributed by atoms with E-state index in [1.54, 1.807) is 12.1 Å². The topological polar surface area (TPSA) is 59.9 Å². The fraction of sp³-hybridized carbons (Fsp3) is 0.158. The number of carbonyl (C=O) groups is 1. The summed E-state index contributed by atoms with van der Waals surface area (Å²) in [6.45, 7) is -1.01. The van der Waals surface area contributed by atoms with E-state index in [1.165, 1.54) is 31.0 Å². The van der Waals surface area contributed by atoms with Crippen LogP contribution in [-0.4, -0.2) is 24.8 Å². The quantitative estimate of drug-likeness (QED) is 0.764. The zero-order chi connectivity index (χ0) is 19.4. The number of amidine groups is 1. The van der Waals surface area contributed by atoms with Crippen LogP contribution in [0.2, 0.25) is 0 Å². The van der Waals surface area contributed by atoms with Crippen molar-refractivity contribution in [3.63, 3.8) is 0 Å². The Bertz CT molecular complexity index is 929. The molecule has 0 aliphatic carbocycles. The van der Waals surface area contributed by atoms with Crippen molar-refractivity contribution in [3.8, 4) is 11.5 Å². The van der Waals surface area contributed by atoms with E-state index in [2.05, 4.69) is 15.0 Å². The molecule has 2 aromatic rings. The number of halogens is 2. The van der Waals surface area contributed by atoms with Gasteiger partial charge in [0.2, 0.25) is 0 Å². The van der Waals surface area contributed by atoms with Gasteiger partial charge in [-0.3, -0.25) is 4.79 Å². The zero-order valence-electron chi connectivity index (χ0n) is 14.5. The van der Waals surface area contributed by atoms with Crippen molar-refractivity contribution in [2.45, 2.75) is 13.5 Å². The van der Waals surface area contributed by atoms with Crippen molar-refractivity contribution in [3.05, 3.63) is 58.5 Å². The number of nitrogens with one attached hydrogen (secondary N) is 1. The molecular formula is C19H16F2N2O3S. The number of rotatable bonds is 5. The minimum Gasteiger partial charge on any atom is -0.493 e. The Morgan fingerprint density at radius 3 is 2.67 bits per heavy atom. The number of methoxy groups -OCH3 is 1. The molecule has 1 saturated heterocycles. The first-order valence-electron chi connectivity index (χ1n) is 7.94. The second-order valence-electron chi connectivity index (χ2n) is 5.56.